The standard InChI is InChI=1S/C21H21BrN6O9/c1-11(21(31)37-4)26(10-19(30)36-3)13-5-6-16(17(8-13)23-12(2)29)24-25-20-15(22)7-14(27(32)33)9-18(20)28(34)35/h5-9,11H,10H2,1-4H3,(H,23,29). The van der Waals surface area contributed by atoms with Crippen LogP contribution in [0, 0.1) is 20.2 Å². The van der Waals surface area contributed by atoms with Crippen molar-refractivity contribution in [3.63, 3.8) is 0 Å². The third-order valence-electron chi connectivity index (χ3n) is 4.85. The van der Waals surface area contributed by atoms with E-state index in [1.54, 1.807) is 0 Å². The Morgan fingerprint density at radius 1 is 1.08 bits per heavy atom. The van der Waals surface area contributed by atoms with Gasteiger partial charge in [0.15, 0.2) is 5.69 Å². The number of hydrogen-bond donors (Lipinski definition) is 1. The van der Waals surface area contributed by atoms with E-state index in [2.05, 4.69) is 31.5 Å². The molecule has 15 nitrogen and oxygen atoms in total. The molecule has 1 amide bonds. The second-order valence-corrected chi connectivity index (χ2v) is 8.15. The van der Waals surface area contributed by atoms with Crippen LogP contribution in [0.4, 0.5) is 34.1 Å². The van der Waals surface area contributed by atoms with Gasteiger partial charge in [-0.05, 0) is 41.1 Å². The number of esters is 2. The molecule has 0 heterocycles. The predicted octanol–water partition coefficient (Wildman–Crippen LogP) is 4.18. The van der Waals surface area contributed by atoms with Crippen molar-refractivity contribution in [3.05, 3.63) is 55.0 Å². The van der Waals surface area contributed by atoms with Crippen molar-refractivity contribution in [2.75, 3.05) is 31.0 Å². The summed E-state index contributed by atoms with van der Waals surface area (Å²) < 4.78 is 9.41. The number of carbonyl (C=O) groups excluding carboxylic acids is 3. The van der Waals surface area contributed by atoms with Crippen LogP contribution in [0.2, 0.25) is 0 Å². The van der Waals surface area contributed by atoms with E-state index in [0.717, 1.165) is 12.1 Å². The van der Waals surface area contributed by atoms with Gasteiger partial charge in [-0.1, -0.05) is 0 Å². The van der Waals surface area contributed by atoms with E-state index in [4.69, 9.17) is 9.47 Å². The van der Waals surface area contributed by atoms with E-state index in [1.165, 1.54) is 51.2 Å². The summed E-state index contributed by atoms with van der Waals surface area (Å²) in [4.78, 5) is 58.2. The molecule has 2 aromatic carbocycles. The topological polar surface area (TPSA) is 196 Å². The Morgan fingerprint density at radius 3 is 2.30 bits per heavy atom. The van der Waals surface area contributed by atoms with Crippen molar-refractivity contribution < 1.29 is 33.7 Å². The maximum atomic E-state index is 12.1. The maximum absolute atomic E-state index is 12.1. The number of nitrogens with one attached hydrogen (secondary N) is 1. The normalized spacial score (nSPS) is 11.5. The first-order valence-electron chi connectivity index (χ1n) is 10.3. The first-order chi connectivity index (χ1) is 17.4. The van der Waals surface area contributed by atoms with Gasteiger partial charge in [-0.25, -0.2) is 4.79 Å². The van der Waals surface area contributed by atoms with Gasteiger partial charge in [0.2, 0.25) is 5.91 Å². The number of ether oxygens (including phenoxy) is 2. The van der Waals surface area contributed by atoms with Crippen molar-refractivity contribution in [2.24, 2.45) is 10.2 Å². The summed E-state index contributed by atoms with van der Waals surface area (Å²) in [7, 11) is 2.38. The molecule has 16 heteroatoms. The van der Waals surface area contributed by atoms with Crippen LogP contribution in [0.25, 0.3) is 0 Å². The molecule has 1 atom stereocenters. The van der Waals surface area contributed by atoms with Gasteiger partial charge in [-0.3, -0.25) is 29.8 Å². The van der Waals surface area contributed by atoms with Crippen LogP contribution in [0.15, 0.2) is 45.0 Å². The summed E-state index contributed by atoms with van der Waals surface area (Å²) in [6.45, 7) is 2.41. The highest BCUT2D eigenvalue weighted by Crippen LogP contribution is 2.41. The molecule has 0 radical (unpaired) electrons. The lowest BCUT2D eigenvalue weighted by Gasteiger charge is -2.29. The molecule has 0 saturated heterocycles. The number of rotatable bonds is 10. The number of non-ortho nitro benzene ring substituents is 1. The molecule has 0 bridgehead atoms. The summed E-state index contributed by atoms with van der Waals surface area (Å²) in [6, 6.07) is 5.15. The number of nitrogens with zero attached hydrogens (tertiary/aromatic N) is 5. The minimum atomic E-state index is -0.916. The molecule has 0 aliphatic rings. The van der Waals surface area contributed by atoms with Crippen molar-refractivity contribution in [1.29, 1.82) is 0 Å². The van der Waals surface area contributed by atoms with Crippen LogP contribution >= 0.6 is 15.9 Å². The maximum Gasteiger partial charge on any atom is 0.328 e. The molecular formula is C21H21BrN6O9. The largest absolute Gasteiger partial charge is 0.468 e. The minimum Gasteiger partial charge on any atom is -0.468 e. The molecule has 196 valence electrons. The number of hydrogen-bond acceptors (Lipinski definition) is 12. The fourth-order valence-electron chi connectivity index (χ4n) is 3.05. The summed E-state index contributed by atoms with van der Waals surface area (Å²) in [5, 5.41) is 32.9. The van der Waals surface area contributed by atoms with Crippen LogP contribution in [-0.4, -0.2) is 54.5 Å². The molecule has 1 N–H and O–H groups in total. The lowest BCUT2D eigenvalue weighted by atomic mass is 10.1. The average molecular weight is 581 g/mol. The first kappa shape index (κ1) is 28.8. The Bertz CT molecular complexity index is 1280. The van der Waals surface area contributed by atoms with E-state index in [1.807, 2.05) is 0 Å². The second-order valence-electron chi connectivity index (χ2n) is 7.30. The van der Waals surface area contributed by atoms with Gasteiger partial charge < -0.3 is 19.7 Å². The lowest BCUT2D eigenvalue weighted by Crippen LogP contribution is -2.43. The van der Waals surface area contributed by atoms with Gasteiger partial charge in [0.05, 0.1) is 40.3 Å². The van der Waals surface area contributed by atoms with E-state index < -0.39 is 45.1 Å². The number of anilines is 2. The molecule has 1 unspecified atom stereocenters. The monoisotopic (exact) mass is 580 g/mol. The number of benzene rings is 2. The van der Waals surface area contributed by atoms with Gasteiger partial charge >= 0.3 is 17.6 Å². The third kappa shape index (κ3) is 7.26. The smallest absolute Gasteiger partial charge is 0.328 e. The van der Waals surface area contributed by atoms with Crippen molar-refractivity contribution in [1.82, 2.24) is 0 Å². The van der Waals surface area contributed by atoms with Crippen molar-refractivity contribution >= 4 is 67.9 Å². The Labute approximate surface area is 217 Å². The molecule has 0 aliphatic heterocycles. The second kappa shape index (κ2) is 12.5. The fraction of sp³-hybridized carbons (Fsp3) is 0.286. The van der Waals surface area contributed by atoms with Crippen molar-refractivity contribution in [2.45, 2.75) is 19.9 Å². The van der Waals surface area contributed by atoms with E-state index in [-0.39, 0.29) is 28.1 Å². The fourth-order valence-corrected chi connectivity index (χ4v) is 3.57. The number of halogens is 1. The Kier molecular flexibility index (Phi) is 9.70. The average Bonchev–Trinajstić information content (AvgIpc) is 2.84. The quantitative estimate of drug-likeness (QED) is 0.184. The van der Waals surface area contributed by atoms with Crippen LogP contribution < -0.4 is 10.2 Å². The van der Waals surface area contributed by atoms with Gasteiger partial charge in [0.1, 0.15) is 18.3 Å². The zero-order valence-corrected chi connectivity index (χ0v) is 21.5. The minimum absolute atomic E-state index is 0.0500. The molecule has 2 rings (SSSR count). The summed E-state index contributed by atoms with van der Waals surface area (Å²) in [5.41, 5.74) is -1.01. The van der Waals surface area contributed by atoms with Gasteiger partial charge in [0.25, 0.3) is 5.69 Å². The molecule has 0 fully saturated rings. The highest BCUT2D eigenvalue weighted by atomic mass is 79.9. The Balaban J connectivity index is 2.61. The summed E-state index contributed by atoms with van der Waals surface area (Å²) in [5.74, 6) is -1.77. The number of amides is 1. The highest BCUT2D eigenvalue weighted by Gasteiger charge is 2.26. The SMILES string of the molecule is COC(=O)CN(c1ccc(N=Nc2c(Br)cc([N+](=O)[O-])cc2[N+](=O)[O-])c(NC(C)=O)c1)C(C)C(=O)OC. The van der Waals surface area contributed by atoms with Gasteiger partial charge in [-0.15, -0.1) is 10.2 Å². The molecular weight excluding hydrogens is 560 g/mol. The Hall–Kier alpha value is -4.47. The van der Waals surface area contributed by atoms with Crippen LogP contribution in [0.5, 0.6) is 0 Å². The van der Waals surface area contributed by atoms with Crippen LogP contribution in [-0.2, 0) is 23.9 Å². The molecule has 2 aromatic rings. The molecule has 0 saturated carbocycles. The first-order valence-corrected chi connectivity index (χ1v) is 11.1. The third-order valence-corrected chi connectivity index (χ3v) is 5.46. The zero-order valence-electron chi connectivity index (χ0n) is 20.0. The molecule has 0 aromatic heterocycles. The molecule has 37 heavy (non-hydrogen) atoms. The van der Waals surface area contributed by atoms with Crippen LogP contribution in [0.1, 0.15) is 13.8 Å². The number of nitro groups is 2. The number of azo groups is 1. The number of carbonyl (C=O) groups is 3. The molecule has 0 aliphatic carbocycles. The number of methoxy groups -OCH3 is 2. The van der Waals surface area contributed by atoms with Gasteiger partial charge in [0, 0.05) is 18.7 Å². The van der Waals surface area contributed by atoms with Crippen molar-refractivity contribution in [3.8, 4) is 0 Å². The Morgan fingerprint density at radius 2 is 1.76 bits per heavy atom. The van der Waals surface area contributed by atoms with Gasteiger partial charge in [-0.2, -0.15) is 0 Å². The lowest BCUT2D eigenvalue weighted by molar-refractivity contribution is -0.393. The number of nitro benzene ring substituents is 2. The predicted molar refractivity (Wildman–Crippen MR) is 133 cm³/mol. The summed E-state index contributed by atoms with van der Waals surface area (Å²) in [6.07, 6.45) is 0. The van der Waals surface area contributed by atoms with E-state index in [9.17, 15) is 34.6 Å². The van der Waals surface area contributed by atoms with Crippen LogP contribution in [0.3, 0.4) is 0 Å². The highest BCUT2D eigenvalue weighted by molar-refractivity contribution is 9.10. The van der Waals surface area contributed by atoms with E-state index >= 15 is 0 Å². The summed E-state index contributed by atoms with van der Waals surface area (Å²) >= 11 is 3.04. The molecule has 0 spiro atoms. The van der Waals surface area contributed by atoms with E-state index in [0.29, 0.717) is 5.69 Å². The zero-order chi connectivity index (χ0) is 27.9.